The van der Waals surface area contributed by atoms with Crippen LogP contribution in [-0.2, 0) is 0 Å². The number of aromatic amines is 1. The molecular weight excluding hydrogens is 386 g/mol. The normalized spacial score (nSPS) is 13.8. The van der Waals surface area contributed by atoms with Crippen LogP contribution < -0.4 is 4.74 Å². The highest BCUT2D eigenvalue weighted by Crippen LogP contribution is 2.31. The third-order valence-corrected chi connectivity index (χ3v) is 4.94. The number of nitrogens with one attached hydrogen (secondary N) is 1. The standard InChI is InChI=1S/C20H17N7O3/c1-29-17-5-3-2-4-13(17)14-8-15(25-24-14)20(28)27-10-12(11-27)19-23-18(26-30-19)16-9-21-6-7-22-16/h2-9,12H,10-11H2,1H3,(H,24,25). The molecule has 0 bridgehead atoms. The van der Waals surface area contributed by atoms with Crippen LogP contribution >= 0.6 is 0 Å². The molecule has 5 rings (SSSR count). The molecule has 1 aliphatic rings. The molecule has 3 aromatic heterocycles. The average Bonchev–Trinajstić information content (AvgIpc) is 3.43. The van der Waals surface area contributed by atoms with Gasteiger partial charge in [-0.25, -0.2) is 4.98 Å². The molecule has 4 heterocycles. The summed E-state index contributed by atoms with van der Waals surface area (Å²) in [6.45, 7) is 0.980. The van der Waals surface area contributed by atoms with Gasteiger partial charge in [-0.3, -0.25) is 14.9 Å². The number of ether oxygens (including phenoxy) is 1. The Kier molecular flexibility index (Phi) is 4.43. The first-order valence-corrected chi connectivity index (χ1v) is 9.31. The second-order valence-corrected chi connectivity index (χ2v) is 6.82. The molecule has 1 N–H and O–H groups in total. The van der Waals surface area contributed by atoms with Crippen LogP contribution in [0.3, 0.4) is 0 Å². The molecule has 1 amide bonds. The second-order valence-electron chi connectivity index (χ2n) is 6.82. The Balaban J connectivity index is 1.26. The van der Waals surface area contributed by atoms with Crippen molar-refractivity contribution in [2.24, 2.45) is 0 Å². The molecule has 30 heavy (non-hydrogen) atoms. The number of benzene rings is 1. The van der Waals surface area contributed by atoms with E-state index in [2.05, 4.69) is 30.3 Å². The van der Waals surface area contributed by atoms with Crippen LogP contribution in [0.1, 0.15) is 22.3 Å². The maximum absolute atomic E-state index is 12.8. The van der Waals surface area contributed by atoms with Crippen molar-refractivity contribution in [1.82, 2.24) is 35.2 Å². The molecule has 1 aromatic carbocycles. The lowest BCUT2D eigenvalue weighted by Crippen LogP contribution is -2.48. The van der Waals surface area contributed by atoms with Gasteiger partial charge in [-0.05, 0) is 18.2 Å². The van der Waals surface area contributed by atoms with E-state index in [0.717, 1.165) is 5.56 Å². The van der Waals surface area contributed by atoms with Crippen LogP contribution in [0.2, 0.25) is 0 Å². The predicted molar refractivity (Wildman–Crippen MR) is 105 cm³/mol. The monoisotopic (exact) mass is 403 g/mol. The van der Waals surface area contributed by atoms with E-state index in [1.807, 2.05) is 24.3 Å². The first kappa shape index (κ1) is 18.0. The van der Waals surface area contributed by atoms with E-state index in [1.165, 1.54) is 0 Å². The molecule has 0 spiro atoms. The summed E-state index contributed by atoms with van der Waals surface area (Å²) in [5.74, 6) is 1.43. The number of para-hydroxylation sites is 1. The Hall–Kier alpha value is -4.08. The third-order valence-electron chi connectivity index (χ3n) is 4.94. The molecule has 0 radical (unpaired) electrons. The summed E-state index contributed by atoms with van der Waals surface area (Å²) in [4.78, 5) is 27.0. The predicted octanol–water partition coefficient (Wildman–Crippen LogP) is 2.16. The lowest BCUT2D eigenvalue weighted by Gasteiger charge is -2.36. The minimum atomic E-state index is -0.131. The molecule has 0 unspecified atom stereocenters. The van der Waals surface area contributed by atoms with Crippen LogP contribution in [0.5, 0.6) is 5.75 Å². The van der Waals surface area contributed by atoms with Gasteiger partial charge in [-0.2, -0.15) is 10.1 Å². The van der Waals surface area contributed by atoms with Gasteiger partial charge in [0.05, 0.1) is 24.9 Å². The molecule has 10 heteroatoms. The van der Waals surface area contributed by atoms with E-state index in [-0.39, 0.29) is 11.8 Å². The summed E-state index contributed by atoms with van der Waals surface area (Å²) < 4.78 is 10.7. The molecule has 1 fully saturated rings. The fraction of sp³-hybridized carbons (Fsp3) is 0.200. The zero-order chi connectivity index (χ0) is 20.5. The van der Waals surface area contributed by atoms with Crippen LogP contribution in [-0.4, -0.2) is 61.3 Å². The third kappa shape index (κ3) is 3.17. The summed E-state index contributed by atoms with van der Waals surface area (Å²) in [5.41, 5.74) is 2.43. The van der Waals surface area contributed by atoms with Gasteiger partial charge in [0.25, 0.3) is 5.91 Å². The maximum Gasteiger partial charge on any atom is 0.271 e. The number of hydrogen-bond donors (Lipinski definition) is 1. The number of nitrogens with zero attached hydrogens (tertiary/aromatic N) is 6. The second kappa shape index (κ2) is 7.39. The number of aromatic nitrogens is 6. The number of likely N-dealkylation sites (tertiary alicyclic amines) is 1. The van der Waals surface area contributed by atoms with Crippen LogP contribution in [0.15, 0.2) is 53.4 Å². The van der Waals surface area contributed by atoms with Gasteiger partial charge in [-0.15, -0.1) is 0 Å². The Morgan fingerprint density at radius 3 is 2.90 bits per heavy atom. The van der Waals surface area contributed by atoms with E-state index in [1.54, 1.807) is 36.7 Å². The van der Waals surface area contributed by atoms with Crippen molar-refractivity contribution in [3.8, 4) is 28.5 Å². The fourth-order valence-corrected chi connectivity index (χ4v) is 3.32. The Morgan fingerprint density at radius 1 is 1.23 bits per heavy atom. The highest BCUT2D eigenvalue weighted by molar-refractivity contribution is 5.94. The van der Waals surface area contributed by atoms with Crippen molar-refractivity contribution < 1.29 is 14.1 Å². The lowest BCUT2D eigenvalue weighted by molar-refractivity contribution is 0.0563. The molecule has 0 saturated carbocycles. The smallest absolute Gasteiger partial charge is 0.271 e. The minimum Gasteiger partial charge on any atom is -0.496 e. The van der Waals surface area contributed by atoms with Crippen molar-refractivity contribution >= 4 is 5.91 Å². The van der Waals surface area contributed by atoms with E-state index in [4.69, 9.17) is 9.26 Å². The summed E-state index contributed by atoms with van der Waals surface area (Å²) in [5, 5.41) is 11.0. The largest absolute Gasteiger partial charge is 0.496 e. The molecule has 150 valence electrons. The van der Waals surface area contributed by atoms with Gasteiger partial charge in [0.1, 0.15) is 17.1 Å². The Morgan fingerprint density at radius 2 is 2.10 bits per heavy atom. The van der Waals surface area contributed by atoms with Crippen molar-refractivity contribution in [2.45, 2.75) is 5.92 Å². The number of H-pyrrole nitrogens is 1. The zero-order valence-electron chi connectivity index (χ0n) is 16.0. The molecule has 0 aliphatic carbocycles. The first-order valence-electron chi connectivity index (χ1n) is 9.31. The SMILES string of the molecule is COc1ccccc1-c1cc(C(=O)N2CC(c3nc(-c4cnccn4)no3)C2)[nH]n1. The van der Waals surface area contributed by atoms with Gasteiger partial charge in [0.2, 0.25) is 11.7 Å². The number of methoxy groups -OCH3 is 1. The highest BCUT2D eigenvalue weighted by atomic mass is 16.5. The van der Waals surface area contributed by atoms with Crippen molar-refractivity contribution in [3.63, 3.8) is 0 Å². The molecule has 4 aromatic rings. The summed E-state index contributed by atoms with van der Waals surface area (Å²) in [7, 11) is 1.60. The minimum absolute atomic E-state index is 0.0107. The van der Waals surface area contributed by atoms with Gasteiger partial charge in [0.15, 0.2) is 0 Å². The van der Waals surface area contributed by atoms with Crippen molar-refractivity contribution in [1.29, 1.82) is 0 Å². The van der Waals surface area contributed by atoms with Crippen molar-refractivity contribution in [2.75, 3.05) is 20.2 Å². The summed E-state index contributed by atoms with van der Waals surface area (Å²) in [6, 6.07) is 9.26. The van der Waals surface area contributed by atoms with Gasteiger partial charge in [0, 0.05) is 31.0 Å². The number of hydrogen-bond acceptors (Lipinski definition) is 8. The van der Waals surface area contributed by atoms with Gasteiger partial charge < -0.3 is 14.2 Å². The summed E-state index contributed by atoms with van der Waals surface area (Å²) >= 11 is 0. The fourth-order valence-electron chi connectivity index (χ4n) is 3.32. The molecule has 1 saturated heterocycles. The number of amides is 1. The van der Waals surface area contributed by atoms with Crippen LogP contribution in [0, 0.1) is 0 Å². The average molecular weight is 403 g/mol. The molecule has 1 aliphatic heterocycles. The van der Waals surface area contributed by atoms with E-state index < -0.39 is 0 Å². The number of rotatable bonds is 5. The number of carbonyl (C=O) groups is 1. The van der Waals surface area contributed by atoms with Crippen LogP contribution in [0.4, 0.5) is 0 Å². The first-order chi connectivity index (χ1) is 14.7. The molecule has 0 atom stereocenters. The van der Waals surface area contributed by atoms with Crippen LogP contribution in [0.25, 0.3) is 22.8 Å². The maximum atomic E-state index is 12.8. The zero-order valence-corrected chi connectivity index (χ0v) is 16.0. The Labute approximate surface area is 170 Å². The van der Waals surface area contributed by atoms with Gasteiger partial charge in [-0.1, -0.05) is 17.3 Å². The highest BCUT2D eigenvalue weighted by Gasteiger charge is 2.36. The topological polar surface area (TPSA) is 123 Å². The molecular formula is C20H17N7O3. The lowest BCUT2D eigenvalue weighted by atomic mass is 9.99. The molecule has 10 nitrogen and oxygen atoms in total. The van der Waals surface area contributed by atoms with Crippen molar-refractivity contribution in [3.05, 3.63) is 60.5 Å². The van der Waals surface area contributed by atoms with Gasteiger partial charge >= 0.3 is 0 Å². The number of carbonyl (C=O) groups excluding carboxylic acids is 1. The van der Waals surface area contributed by atoms with E-state index >= 15 is 0 Å². The van der Waals surface area contributed by atoms with E-state index in [0.29, 0.717) is 47.6 Å². The Bertz CT molecular complexity index is 1180. The summed E-state index contributed by atoms with van der Waals surface area (Å²) in [6.07, 6.45) is 4.72. The van der Waals surface area contributed by atoms with E-state index in [9.17, 15) is 4.79 Å². The quantitative estimate of drug-likeness (QED) is 0.538.